The highest BCUT2D eigenvalue weighted by atomic mass is 19.4. The summed E-state index contributed by atoms with van der Waals surface area (Å²) in [4.78, 5) is 6.11. The maximum absolute atomic E-state index is 14.1. The van der Waals surface area contributed by atoms with Gasteiger partial charge in [0.1, 0.15) is 12.3 Å². The van der Waals surface area contributed by atoms with E-state index in [0.29, 0.717) is 35.1 Å². The van der Waals surface area contributed by atoms with E-state index in [2.05, 4.69) is 32.3 Å². The number of likely N-dealkylation sites (N-methyl/N-ethyl adjacent to an activating group) is 1. The van der Waals surface area contributed by atoms with Crippen molar-refractivity contribution in [2.75, 3.05) is 53.9 Å². The molecule has 3 aromatic rings. The number of alkyl halides is 7. The Kier molecular flexibility index (Phi) is 10.9. The molecule has 2 aliphatic rings. The predicted molar refractivity (Wildman–Crippen MR) is 167 cm³/mol. The van der Waals surface area contributed by atoms with Crippen molar-refractivity contribution in [1.82, 2.24) is 19.8 Å². The van der Waals surface area contributed by atoms with Crippen LogP contribution in [0.25, 0.3) is 11.1 Å². The molecule has 0 unspecified atom stereocenters. The zero-order valence-electron chi connectivity index (χ0n) is 26.7. The average Bonchev–Trinajstić information content (AvgIpc) is 3.05. The molecule has 2 aliphatic heterocycles. The van der Waals surface area contributed by atoms with E-state index in [1.807, 2.05) is 18.2 Å². The largest absolute Gasteiger partial charge is 0.496 e. The lowest BCUT2D eigenvalue weighted by Crippen LogP contribution is -2.43. The highest BCUT2D eigenvalue weighted by Crippen LogP contribution is 2.37. The van der Waals surface area contributed by atoms with Crippen molar-refractivity contribution in [1.29, 1.82) is 0 Å². The first-order valence-corrected chi connectivity index (χ1v) is 15.2. The molecule has 0 aromatic heterocycles. The van der Waals surface area contributed by atoms with Gasteiger partial charge in [0.05, 0.1) is 19.7 Å². The molecular weight excluding hydrogens is 643 g/mol. The second-order valence-electron chi connectivity index (χ2n) is 11.8. The summed E-state index contributed by atoms with van der Waals surface area (Å²) in [6, 6.07) is 12.2. The van der Waals surface area contributed by atoms with Crippen LogP contribution in [-0.4, -0.2) is 79.6 Å². The van der Waals surface area contributed by atoms with E-state index in [9.17, 15) is 30.7 Å². The quantitative estimate of drug-likeness (QED) is 0.206. The van der Waals surface area contributed by atoms with Crippen LogP contribution in [0, 0.1) is 0 Å². The smallest absolute Gasteiger partial charge is 0.416 e. The molecule has 0 N–H and O–H groups in total. The van der Waals surface area contributed by atoms with Gasteiger partial charge in [0.15, 0.2) is 5.84 Å². The second kappa shape index (κ2) is 14.9. The molecule has 258 valence electrons. The summed E-state index contributed by atoms with van der Waals surface area (Å²) >= 11 is 0. The van der Waals surface area contributed by atoms with Crippen molar-refractivity contribution in [2.24, 2.45) is 15.4 Å². The van der Waals surface area contributed by atoms with Gasteiger partial charge in [-0.05, 0) is 65.7 Å². The Bertz CT molecular complexity index is 1640. The SMILES string of the molecule is COc1ccc(CN2CCN(C)CC2)cc1-c1ccc(C(F)F)cc1CN(Cc1cc(C(F)F)cc(C(F)(F)F)c1)C1=NN(C)N=NC1. The molecule has 1 saturated heterocycles. The summed E-state index contributed by atoms with van der Waals surface area (Å²) in [5, 5.41) is 13.3. The molecule has 0 saturated carbocycles. The molecule has 5 rings (SSSR count). The number of rotatable bonds is 10. The van der Waals surface area contributed by atoms with Crippen LogP contribution in [-0.2, 0) is 25.8 Å². The maximum Gasteiger partial charge on any atom is 0.416 e. The minimum atomic E-state index is -4.87. The van der Waals surface area contributed by atoms with Crippen molar-refractivity contribution in [3.05, 3.63) is 88.0 Å². The molecule has 0 aliphatic carbocycles. The van der Waals surface area contributed by atoms with Gasteiger partial charge in [-0.15, -0.1) is 5.10 Å². The van der Waals surface area contributed by atoms with E-state index in [1.165, 1.54) is 31.2 Å². The number of ether oxygens (including phenoxy) is 1. The van der Waals surface area contributed by atoms with E-state index in [-0.39, 0.29) is 36.6 Å². The second-order valence-corrected chi connectivity index (χ2v) is 11.8. The molecule has 3 aromatic carbocycles. The van der Waals surface area contributed by atoms with Gasteiger partial charge in [0, 0.05) is 62.5 Å². The standard InChI is InChI=1S/C33H36F7N7O/c1-44-8-10-46(11-9-44)18-21-4-7-29(48-3)28(14-21)27-6-5-23(31(34)35)15-25(27)20-47(30-17-41-43-45(2)42-30)19-22-12-24(32(36)37)16-26(13-22)33(38,39)40/h4-7,12-16,31-32H,8-11,17-20H2,1-3H3. The Hall–Kier alpha value is -4.24. The van der Waals surface area contributed by atoms with E-state index >= 15 is 0 Å². The van der Waals surface area contributed by atoms with Crippen LogP contribution in [0.3, 0.4) is 0 Å². The number of amidine groups is 1. The Morgan fingerprint density at radius 2 is 1.54 bits per heavy atom. The van der Waals surface area contributed by atoms with E-state index in [1.54, 1.807) is 6.07 Å². The van der Waals surface area contributed by atoms with Gasteiger partial charge in [-0.25, -0.2) is 17.6 Å². The number of piperazine rings is 1. The summed E-state index contributed by atoms with van der Waals surface area (Å²) in [7, 11) is 5.07. The zero-order chi connectivity index (χ0) is 34.6. The molecule has 0 atom stereocenters. The number of methoxy groups -OCH3 is 1. The van der Waals surface area contributed by atoms with Crippen molar-refractivity contribution >= 4 is 5.84 Å². The van der Waals surface area contributed by atoms with Gasteiger partial charge in [0.25, 0.3) is 12.9 Å². The van der Waals surface area contributed by atoms with E-state index < -0.39 is 30.2 Å². The van der Waals surface area contributed by atoms with Gasteiger partial charge >= 0.3 is 6.18 Å². The van der Waals surface area contributed by atoms with Crippen LogP contribution in [0.1, 0.15) is 46.2 Å². The van der Waals surface area contributed by atoms with Gasteiger partial charge in [0.2, 0.25) is 0 Å². The van der Waals surface area contributed by atoms with Gasteiger partial charge < -0.3 is 14.5 Å². The summed E-state index contributed by atoms with van der Waals surface area (Å²) in [5.74, 6) is 0.755. The van der Waals surface area contributed by atoms with Crippen LogP contribution < -0.4 is 4.74 Å². The monoisotopic (exact) mass is 679 g/mol. The van der Waals surface area contributed by atoms with Crippen LogP contribution in [0.5, 0.6) is 5.75 Å². The first-order chi connectivity index (χ1) is 22.8. The number of hydrogen-bond donors (Lipinski definition) is 0. The topological polar surface area (TPSA) is 59.3 Å². The third-order valence-electron chi connectivity index (χ3n) is 8.30. The van der Waals surface area contributed by atoms with Crippen molar-refractivity contribution in [3.63, 3.8) is 0 Å². The lowest BCUT2D eigenvalue weighted by molar-refractivity contribution is -0.137. The third kappa shape index (κ3) is 8.61. The molecule has 0 radical (unpaired) electrons. The minimum absolute atomic E-state index is 0.0636. The summed E-state index contributed by atoms with van der Waals surface area (Å²) in [6.07, 6.45) is -10.8. The minimum Gasteiger partial charge on any atom is -0.496 e. The van der Waals surface area contributed by atoms with Crippen LogP contribution in [0.2, 0.25) is 0 Å². The number of benzene rings is 3. The van der Waals surface area contributed by atoms with Crippen LogP contribution in [0.4, 0.5) is 30.7 Å². The molecule has 0 amide bonds. The Labute approximate surface area is 274 Å². The highest BCUT2D eigenvalue weighted by Gasteiger charge is 2.32. The first kappa shape index (κ1) is 35.1. The van der Waals surface area contributed by atoms with Crippen molar-refractivity contribution < 1.29 is 35.5 Å². The van der Waals surface area contributed by atoms with Gasteiger partial charge in [-0.1, -0.05) is 23.4 Å². The Morgan fingerprint density at radius 3 is 2.19 bits per heavy atom. The van der Waals surface area contributed by atoms with Gasteiger partial charge in [-0.2, -0.15) is 23.4 Å². The Balaban J connectivity index is 1.57. The van der Waals surface area contributed by atoms with E-state index in [0.717, 1.165) is 49.0 Å². The molecule has 8 nitrogen and oxygen atoms in total. The average molecular weight is 680 g/mol. The third-order valence-corrected chi connectivity index (χ3v) is 8.30. The lowest BCUT2D eigenvalue weighted by atomic mass is 9.94. The number of nitrogens with zero attached hydrogens (tertiary/aromatic N) is 7. The molecule has 15 heteroatoms. The zero-order valence-corrected chi connectivity index (χ0v) is 26.7. The van der Waals surface area contributed by atoms with Crippen molar-refractivity contribution in [2.45, 2.75) is 38.7 Å². The van der Waals surface area contributed by atoms with Crippen LogP contribution in [0.15, 0.2) is 70.0 Å². The highest BCUT2D eigenvalue weighted by molar-refractivity contribution is 5.85. The van der Waals surface area contributed by atoms with E-state index in [4.69, 9.17) is 4.74 Å². The molecule has 48 heavy (non-hydrogen) atoms. The fraction of sp³-hybridized carbons (Fsp3) is 0.424. The molecular formula is C33H36F7N7O. The summed E-state index contributed by atoms with van der Waals surface area (Å²) in [6.45, 7) is 3.81. The summed E-state index contributed by atoms with van der Waals surface area (Å²) < 4.78 is 102. The lowest BCUT2D eigenvalue weighted by Gasteiger charge is -2.32. The van der Waals surface area contributed by atoms with Gasteiger partial charge in [-0.3, -0.25) is 4.90 Å². The number of hydrazone groups is 1. The number of hydrogen-bond acceptors (Lipinski definition) is 8. The fourth-order valence-electron chi connectivity index (χ4n) is 5.80. The normalized spacial score (nSPS) is 16.2. The summed E-state index contributed by atoms with van der Waals surface area (Å²) in [5.41, 5.74) is 0.250. The molecule has 0 spiro atoms. The molecule has 0 bridgehead atoms. The predicted octanol–water partition coefficient (Wildman–Crippen LogP) is 7.63. The molecule has 2 heterocycles. The van der Waals surface area contributed by atoms with Crippen LogP contribution >= 0.6 is 0 Å². The van der Waals surface area contributed by atoms with Crippen molar-refractivity contribution in [3.8, 4) is 16.9 Å². The first-order valence-electron chi connectivity index (χ1n) is 15.2. The molecule has 1 fully saturated rings. The fourth-order valence-corrected chi connectivity index (χ4v) is 5.80. The maximum atomic E-state index is 14.1. The Morgan fingerprint density at radius 1 is 0.812 bits per heavy atom. The number of halogens is 7.